The Balaban J connectivity index is 2.88. The average molecular weight is 224 g/mol. The zero-order valence-corrected chi connectivity index (χ0v) is 8.69. The van der Waals surface area contributed by atoms with Gasteiger partial charge < -0.3 is 5.11 Å². The molecule has 0 aliphatic carbocycles. The SMILES string of the molecule is N#Cc1c(CO)cc2sccc2c1Cl. The molecule has 1 aromatic carbocycles. The van der Waals surface area contributed by atoms with Gasteiger partial charge in [0.1, 0.15) is 6.07 Å². The molecule has 0 amide bonds. The van der Waals surface area contributed by atoms with Crippen LogP contribution < -0.4 is 0 Å². The molecule has 2 aromatic rings. The van der Waals surface area contributed by atoms with Gasteiger partial charge in [0.05, 0.1) is 17.2 Å². The number of aliphatic hydroxyl groups is 1. The molecule has 0 radical (unpaired) electrons. The van der Waals surface area contributed by atoms with Crippen molar-refractivity contribution in [3.05, 3.63) is 33.7 Å². The Morgan fingerprint density at radius 1 is 1.57 bits per heavy atom. The second-order valence-corrected chi connectivity index (χ2v) is 4.15. The molecule has 0 spiro atoms. The maximum Gasteiger partial charge on any atom is 0.101 e. The molecule has 4 heteroatoms. The first kappa shape index (κ1) is 9.47. The van der Waals surface area contributed by atoms with Crippen LogP contribution in [0.2, 0.25) is 5.02 Å². The Hall–Kier alpha value is -1.08. The lowest BCUT2D eigenvalue weighted by molar-refractivity contribution is 0.281. The smallest absolute Gasteiger partial charge is 0.101 e. The minimum atomic E-state index is -0.156. The molecular formula is C10H6ClNOS. The molecule has 0 saturated heterocycles. The summed E-state index contributed by atoms with van der Waals surface area (Å²) in [6.45, 7) is -0.156. The summed E-state index contributed by atoms with van der Waals surface area (Å²) in [5.41, 5.74) is 0.965. The third kappa shape index (κ3) is 1.28. The van der Waals surface area contributed by atoms with E-state index in [-0.39, 0.29) is 6.61 Å². The minimum absolute atomic E-state index is 0.156. The number of benzene rings is 1. The van der Waals surface area contributed by atoms with Crippen molar-refractivity contribution in [2.45, 2.75) is 6.61 Å². The number of aliphatic hydroxyl groups excluding tert-OH is 1. The van der Waals surface area contributed by atoms with Crippen LogP contribution in [0.1, 0.15) is 11.1 Å². The fourth-order valence-corrected chi connectivity index (χ4v) is 2.61. The van der Waals surface area contributed by atoms with Crippen molar-refractivity contribution < 1.29 is 5.11 Å². The van der Waals surface area contributed by atoms with E-state index in [1.807, 2.05) is 23.6 Å². The van der Waals surface area contributed by atoms with E-state index in [2.05, 4.69) is 0 Å². The molecule has 0 bridgehead atoms. The summed E-state index contributed by atoms with van der Waals surface area (Å²) in [6, 6.07) is 5.70. The van der Waals surface area contributed by atoms with E-state index in [0.29, 0.717) is 16.1 Å². The number of halogens is 1. The van der Waals surface area contributed by atoms with E-state index in [4.69, 9.17) is 22.0 Å². The lowest BCUT2D eigenvalue weighted by atomic mass is 10.1. The van der Waals surface area contributed by atoms with Gasteiger partial charge in [-0.2, -0.15) is 5.26 Å². The molecular weight excluding hydrogens is 218 g/mol. The van der Waals surface area contributed by atoms with E-state index in [1.54, 1.807) is 11.3 Å². The monoisotopic (exact) mass is 223 g/mol. The van der Waals surface area contributed by atoms with Crippen molar-refractivity contribution in [1.29, 1.82) is 5.26 Å². The zero-order valence-electron chi connectivity index (χ0n) is 7.12. The molecule has 1 aromatic heterocycles. The number of thiophene rings is 1. The van der Waals surface area contributed by atoms with Crippen molar-refractivity contribution in [3.8, 4) is 6.07 Å². The number of fused-ring (bicyclic) bond motifs is 1. The van der Waals surface area contributed by atoms with Gasteiger partial charge >= 0.3 is 0 Å². The Morgan fingerprint density at radius 2 is 2.36 bits per heavy atom. The number of rotatable bonds is 1. The van der Waals surface area contributed by atoms with Gasteiger partial charge in [0.2, 0.25) is 0 Å². The molecule has 2 rings (SSSR count). The van der Waals surface area contributed by atoms with E-state index >= 15 is 0 Å². The summed E-state index contributed by atoms with van der Waals surface area (Å²) in [6.07, 6.45) is 0. The van der Waals surface area contributed by atoms with Crippen LogP contribution in [0.25, 0.3) is 10.1 Å². The standard InChI is InChI=1S/C10H6ClNOS/c11-10-7-1-2-14-9(7)3-6(5-13)8(10)4-12/h1-3,13H,5H2. The van der Waals surface area contributed by atoms with Crippen molar-refractivity contribution in [1.82, 2.24) is 0 Å². The highest BCUT2D eigenvalue weighted by molar-refractivity contribution is 7.17. The van der Waals surface area contributed by atoms with Gasteiger partial charge in [-0.25, -0.2) is 0 Å². The molecule has 0 fully saturated rings. The van der Waals surface area contributed by atoms with Crippen LogP contribution in [0.4, 0.5) is 0 Å². The molecule has 0 saturated carbocycles. The average Bonchev–Trinajstić information content (AvgIpc) is 2.65. The van der Waals surface area contributed by atoms with E-state index in [1.165, 1.54) is 0 Å². The van der Waals surface area contributed by atoms with E-state index in [0.717, 1.165) is 10.1 Å². The van der Waals surface area contributed by atoms with Gasteiger partial charge in [-0.1, -0.05) is 11.6 Å². The summed E-state index contributed by atoms with van der Waals surface area (Å²) in [5.74, 6) is 0. The maximum absolute atomic E-state index is 9.07. The predicted molar refractivity (Wildman–Crippen MR) is 57.5 cm³/mol. The number of nitrogens with zero attached hydrogens (tertiary/aromatic N) is 1. The summed E-state index contributed by atoms with van der Waals surface area (Å²) < 4.78 is 0.998. The molecule has 0 aliphatic rings. The molecule has 0 atom stereocenters. The second-order valence-electron chi connectivity index (χ2n) is 2.83. The van der Waals surface area contributed by atoms with Crippen LogP contribution in [-0.2, 0) is 6.61 Å². The minimum Gasteiger partial charge on any atom is -0.392 e. The van der Waals surface area contributed by atoms with E-state index in [9.17, 15) is 0 Å². The van der Waals surface area contributed by atoms with Crippen LogP contribution in [0.5, 0.6) is 0 Å². The van der Waals surface area contributed by atoms with Gasteiger partial charge in [-0.3, -0.25) is 0 Å². The fourth-order valence-electron chi connectivity index (χ4n) is 1.37. The van der Waals surface area contributed by atoms with Gasteiger partial charge in [-0.05, 0) is 23.1 Å². The first-order chi connectivity index (χ1) is 6.77. The highest BCUT2D eigenvalue weighted by atomic mass is 35.5. The maximum atomic E-state index is 9.07. The van der Waals surface area contributed by atoms with Crippen molar-refractivity contribution >= 4 is 33.0 Å². The van der Waals surface area contributed by atoms with Crippen LogP contribution >= 0.6 is 22.9 Å². The number of hydrogen-bond donors (Lipinski definition) is 1. The predicted octanol–water partition coefficient (Wildman–Crippen LogP) is 2.92. The Labute approximate surface area is 90.0 Å². The van der Waals surface area contributed by atoms with Crippen LogP contribution in [0, 0.1) is 11.3 Å². The third-order valence-corrected chi connectivity index (χ3v) is 3.32. The van der Waals surface area contributed by atoms with Crippen molar-refractivity contribution in [2.24, 2.45) is 0 Å². The van der Waals surface area contributed by atoms with Crippen molar-refractivity contribution in [3.63, 3.8) is 0 Å². The summed E-state index contributed by atoms with van der Waals surface area (Å²) in [7, 11) is 0. The second kappa shape index (κ2) is 3.58. The topological polar surface area (TPSA) is 44.0 Å². The molecule has 14 heavy (non-hydrogen) atoms. The highest BCUT2D eigenvalue weighted by Gasteiger charge is 2.11. The quantitative estimate of drug-likeness (QED) is 0.808. The van der Waals surface area contributed by atoms with Crippen LogP contribution in [-0.4, -0.2) is 5.11 Å². The first-order valence-electron chi connectivity index (χ1n) is 3.97. The molecule has 2 nitrogen and oxygen atoms in total. The highest BCUT2D eigenvalue weighted by Crippen LogP contribution is 2.33. The molecule has 1 heterocycles. The van der Waals surface area contributed by atoms with Gasteiger partial charge in [-0.15, -0.1) is 11.3 Å². The summed E-state index contributed by atoms with van der Waals surface area (Å²) >= 11 is 7.59. The van der Waals surface area contributed by atoms with Crippen LogP contribution in [0.3, 0.4) is 0 Å². The van der Waals surface area contributed by atoms with Gasteiger partial charge in [0, 0.05) is 10.1 Å². The number of hydrogen-bond acceptors (Lipinski definition) is 3. The van der Waals surface area contributed by atoms with Gasteiger partial charge in [0.15, 0.2) is 0 Å². The normalized spacial score (nSPS) is 10.4. The summed E-state index contributed by atoms with van der Waals surface area (Å²) in [5, 5.41) is 21.2. The number of nitriles is 1. The lowest BCUT2D eigenvalue weighted by Gasteiger charge is -2.03. The fraction of sp³-hybridized carbons (Fsp3) is 0.100. The lowest BCUT2D eigenvalue weighted by Crippen LogP contribution is -1.90. The Morgan fingerprint density at radius 3 is 3.00 bits per heavy atom. The van der Waals surface area contributed by atoms with Crippen LogP contribution in [0.15, 0.2) is 17.5 Å². The Bertz CT molecular complexity index is 527. The molecule has 70 valence electrons. The van der Waals surface area contributed by atoms with Crippen molar-refractivity contribution in [2.75, 3.05) is 0 Å². The molecule has 1 N–H and O–H groups in total. The van der Waals surface area contributed by atoms with E-state index < -0.39 is 0 Å². The zero-order chi connectivity index (χ0) is 10.1. The third-order valence-electron chi connectivity index (χ3n) is 2.06. The largest absolute Gasteiger partial charge is 0.392 e. The summed E-state index contributed by atoms with van der Waals surface area (Å²) in [4.78, 5) is 0. The molecule has 0 aliphatic heterocycles. The van der Waals surface area contributed by atoms with Gasteiger partial charge in [0.25, 0.3) is 0 Å². The Kier molecular flexibility index (Phi) is 2.42. The first-order valence-corrected chi connectivity index (χ1v) is 5.23. The molecule has 0 unspecified atom stereocenters.